The van der Waals surface area contributed by atoms with Crippen LogP contribution in [0.15, 0.2) is 39.3 Å². The summed E-state index contributed by atoms with van der Waals surface area (Å²) in [5.74, 6) is 1.51. The van der Waals surface area contributed by atoms with Gasteiger partial charge in [0.25, 0.3) is 0 Å². The van der Waals surface area contributed by atoms with Gasteiger partial charge in [0.05, 0.1) is 6.04 Å². The van der Waals surface area contributed by atoms with Gasteiger partial charge in [-0.2, -0.15) is 0 Å². The molecule has 3 nitrogen and oxygen atoms in total. The summed E-state index contributed by atoms with van der Waals surface area (Å²) in [6.45, 7) is 3.20. The molecule has 1 atom stereocenters. The van der Waals surface area contributed by atoms with Gasteiger partial charge in [0.2, 0.25) is 0 Å². The number of fused-ring (bicyclic) bond motifs is 1. The van der Waals surface area contributed by atoms with Crippen LogP contribution in [0, 0.1) is 6.92 Å². The Morgan fingerprint density at radius 1 is 0.952 bits per heavy atom. The van der Waals surface area contributed by atoms with Crippen LogP contribution >= 0.6 is 31.9 Å². The first kappa shape index (κ1) is 14.9. The summed E-state index contributed by atoms with van der Waals surface area (Å²) in [6, 6.07) is 9.81. The highest BCUT2D eigenvalue weighted by Crippen LogP contribution is 2.39. The molecule has 3 rings (SSSR count). The molecule has 0 radical (unpaired) electrons. The Morgan fingerprint density at radius 2 is 1.57 bits per heavy atom. The molecule has 21 heavy (non-hydrogen) atoms. The minimum atomic E-state index is -0.246. The maximum absolute atomic E-state index is 6.46. The van der Waals surface area contributed by atoms with Crippen molar-refractivity contribution in [3.8, 4) is 11.5 Å². The molecule has 1 aliphatic heterocycles. The van der Waals surface area contributed by atoms with Crippen LogP contribution in [0.25, 0.3) is 0 Å². The molecule has 0 aliphatic carbocycles. The Hall–Kier alpha value is -1.04. The molecule has 0 fully saturated rings. The SMILES string of the molecule is Cc1ccc(Br)c(C(N)c2cc3c(cc2Br)OCCO3)c1. The fourth-order valence-corrected chi connectivity index (χ4v) is 3.45. The van der Waals surface area contributed by atoms with Gasteiger partial charge >= 0.3 is 0 Å². The van der Waals surface area contributed by atoms with Crippen molar-refractivity contribution in [1.82, 2.24) is 0 Å². The summed E-state index contributed by atoms with van der Waals surface area (Å²) in [4.78, 5) is 0. The quantitative estimate of drug-likeness (QED) is 0.797. The van der Waals surface area contributed by atoms with Gasteiger partial charge in [0.15, 0.2) is 11.5 Å². The monoisotopic (exact) mass is 411 g/mol. The standard InChI is InChI=1S/C16H15Br2NO2/c1-9-2-3-12(17)10(6-9)16(19)11-7-14-15(8-13(11)18)21-5-4-20-14/h2-3,6-8,16H,4-5,19H2,1H3. The predicted molar refractivity (Wildman–Crippen MR) is 90.0 cm³/mol. The highest BCUT2D eigenvalue weighted by molar-refractivity contribution is 9.10. The smallest absolute Gasteiger partial charge is 0.162 e. The van der Waals surface area contributed by atoms with E-state index in [2.05, 4.69) is 50.9 Å². The van der Waals surface area contributed by atoms with Gasteiger partial charge in [-0.1, -0.05) is 49.6 Å². The van der Waals surface area contributed by atoms with Crippen molar-refractivity contribution in [2.45, 2.75) is 13.0 Å². The third kappa shape index (κ3) is 2.96. The molecule has 2 aromatic carbocycles. The molecule has 0 aromatic heterocycles. The molecule has 0 bridgehead atoms. The third-order valence-electron chi connectivity index (χ3n) is 3.48. The maximum atomic E-state index is 6.46. The second kappa shape index (κ2) is 5.99. The predicted octanol–water partition coefficient (Wildman–Crippen LogP) is 4.34. The van der Waals surface area contributed by atoms with E-state index < -0.39 is 0 Å². The molecular formula is C16H15Br2NO2. The lowest BCUT2D eigenvalue weighted by molar-refractivity contribution is 0.171. The zero-order valence-corrected chi connectivity index (χ0v) is 14.7. The van der Waals surface area contributed by atoms with Crippen LogP contribution in [0.1, 0.15) is 22.7 Å². The lowest BCUT2D eigenvalue weighted by Crippen LogP contribution is -2.18. The Balaban J connectivity index is 2.05. The summed E-state index contributed by atoms with van der Waals surface area (Å²) in [5.41, 5.74) is 9.67. The van der Waals surface area contributed by atoms with Crippen LogP contribution < -0.4 is 15.2 Å². The minimum absolute atomic E-state index is 0.246. The lowest BCUT2D eigenvalue weighted by atomic mass is 9.97. The number of hydrogen-bond acceptors (Lipinski definition) is 3. The van der Waals surface area contributed by atoms with E-state index in [1.165, 1.54) is 5.56 Å². The average molecular weight is 413 g/mol. The van der Waals surface area contributed by atoms with Gasteiger partial charge in [0.1, 0.15) is 13.2 Å². The Kier molecular flexibility index (Phi) is 4.24. The summed E-state index contributed by atoms with van der Waals surface area (Å²) in [5, 5.41) is 0. The van der Waals surface area contributed by atoms with Crippen LogP contribution in [0.4, 0.5) is 0 Å². The van der Waals surface area contributed by atoms with E-state index in [4.69, 9.17) is 15.2 Å². The normalized spacial score (nSPS) is 14.9. The number of hydrogen-bond donors (Lipinski definition) is 1. The summed E-state index contributed by atoms with van der Waals surface area (Å²) in [7, 11) is 0. The summed E-state index contributed by atoms with van der Waals surface area (Å²) >= 11 is 7.16. The van der Waals surface area contributed by atoms with Crippen LogP contribution in [0.3, 0.4) is 0 Å². The fraction of sp³-hybridized carbons (Fsp3) is 0.250. The van der Waals surface area contributed by atoms with Crippen LogP contribution in [-0.4, -0.2) is 13.2 Å². The zero-order chi connectivity index (χ0) is 15.0. The molecular weight excluding hydrogens is 398 g/mol. The van der Waals surface area contributed by atoms with Crippen molar-refractivity contribution < 1.29 is 9.47 Å². The van der Waals surface area contributed by atoms with E-state index >= 15 is 0 Å². The number of benzene rings is 2. The Bertz CT molecular complexity index is 688. The number of aryl methyl sites for hydroxylation is 1. The van der Waals surface area contributed by atoms with Crippen molar-refractivity contribution in [2.75, 3.05) is 13.2 Å². The van der Waals surface area contributed by atoms with Crippen molar-refractivity contribution in [3.63, 3.8) is 0 Å². The van der Waals surface area contributed by atoms with Gasteiger partial charge in [-0.15, -0.1) is 0 Å². The molecule has 110 valence electrons. The molecule has 0 spiro atoms. The van der Waals surface area contributed by atoms with Gasteiger partial charge in [0, 0.05) is 8.95 Å². The van der Waals surface area contributed by atoms with E-state index in [9.17, 15) is 0 Å². The molecule has 2 N–H and O–H groups in total. The molecule has 5 heteroatoms. The number of ether oxygens (including phenoxy) is 2. The number of nitrogens with two attached hydrogens (primary N) is 1. The first-order chi connectivity index (χ1) is 10.1. The maximum Gasteiger partial charge on any atom is 0.162 e. The number of rotatable bonds is 2. The first-order valence-corrected chi connectivity index (χ1v) is 8.25. The average Bonchev–Trinajstić information content (AvgIpc) is 2.48. The second-order valence-electron chi connectivity index (χ2n) is 5.02. The molecule has 0 saturated heterocycles. The van der Waals surface area contributed by atoms with Gasteiger partial charge < -0.3 is 15.2 Å². The van der Waals surface area contributed by atoms with E-state index in [1.54, 1.807) is 0 Å². The highest BCUT2D eigenvalue weighted by Gasteiger charge is 2.20. The van der Waals surface area contributed by atoms with Crippen molar-refractivity contribution in [1.29, 1.82) is 0 Å². The van der Waals surface area contributed by atoms with E-state index in [1.807, 2.05) is 18.2 Å². The summed E-state index contributed by atoms with van der Waals surface area (Å²) in [6.07, 6.45) is 0. The van der Waals surface area contributed by atoms with Gasteiger partial charge in [-0.3, -0.25) is 0 Å². The van der Waals surface area contributed by atoms with Gasteiger partial charge in [-0.25, -0.2) is 0 Å². The van der Waals surface area contributed by atoms with Crippen molar-refractivity contribution in [3.05, 3.63) is 56.0 Å². The molecule has 0 amide bonds. The van der Waals surface area contributed by atoms with Gasteiger partial charge in [-0.05, 0) is 36.2 Å². The summed E-state index contributed by atoms with van der Waals surface area (Å²) < 4.78 is 13.2. The van der Waals surface area contributed by atoms with E-state index in [-0.39, 0.29) is 6.04 Å². The largest absolute Gasteiger partial charge is 0.486 e. The topological polar surface area (TPSA) is 44.5 Å². The second-order valence-corrected chi connectivity index (χ2v) is 6.73. The fourth-order valence-electron chi connectivity index (χ4n) is 2.39. The molecule has 2 aromatic rings. The third-order valence-corrected chi connectivity index (χ3v) is 4.89. The van der Waals surface area contributed by atoms with Crippen molar-refractivity contribution in [2.24, 2.45) is 5.73 Å². The number of halogens is 2. The van der Waals surface area contributed by atoms with Crippen molar-refractivity contribution >= 4 is 31.9 Å². The highest BCUT2D eigenvalue weighted by atomic mass is 79.9. The lowest BCUT2D eigenvalue weighted by Gasteiger charge is -2.22. The van der Waals surface area contributed by atoms with E-state index in [0.29, 0.717) is 13.2 Å². The molecule has 1 heterocycles. The van der Waals surface area contributed by atoms with E-state index in [0.717, 1.165) is 31.6 Å². The molecule has 1 aliphatic rings. The first-order valence-electron chi connectivity index (χ1n) is 6.67. The van der Waals surface area contributed by atoms with Crippen LogP contribution in [0.5, 0.6) is 11.5 Å². The van der Waals surface area contributed by atoms with Crippen LogP contribution in [-0.2, 0) is 0 Å². The molecule has 0 saturated carbocycles. The zero-order valence-electron chi connectivity index (χ0n) is 11.5. The molecule has 1 unspecified atom stereocenters. The Labute approximate surface area is 140 Å². The Morgan fingerprint density at radius 3 is 2.29 bits per heavy atom. The van der Waals surface area contributed by atoms with Crippen LogP contribution in [0.2, 0.25) is 0 Å². The minimum Gasteiger partial charge on any atom is -0.486 e.